The highest BCUT2D eigenvalue weighted by Gasteiger charge is 2.30. The highest BCUT2D eigenvalue weighted by molar-refractivity contribution is 5.29. The Kier molecular flexibility index (Phi) is 4.34. The zero-order valence-corrected chi connectivity index (χ0v) is 10.8. The lowest BCUT2D eigenvalue weighted by molar-refractivity contribution is -0.137. The first-order valence-corrected chi connectivity index (χ1v) is 6.55. The van der Waals surface area contributed by atoms with Crippen molar-refractivity contribution in [3.05, 3.63) is 29.8 Å². The molecule has 1 aromatic carbocycles. The number of hydrogen-bond donors (Lipinski definition) is 1. The van der Waals surface area contributed by atoms with Crippen molar-refractivity contribution in [1.29, 1.82) is 0 Å². The Morgan fingerprint density at radius 3 is 2.47 bits per heavy atom. The summed E-state index contributed by atoms with van der Waals surface area (Å²) in [6, 6.07) is 4.92. The molecule has 2 rings (SSSR count). The average Bonchev–Trinajstić information content (AvgIpc) is 2.89. The number of ether oxygens (including phenoxy) is 1. The van der Waals surface area contributed by atoms with Gasteiger partial charge in [-0.1, -0.05) is 6.92 Å². The van der Waals surface area contributed by atoms with Gasteiger partial charge < -0.3 is 10.1 Å². The van der Waals surface area contributed by atoms with Crippen molar-refractivity contribution < 1.29 is 17.9 Å². The van der Waals surface area contributed by atoms with Gasteiger partial charge in [-0.2, -0.15) is 13.2 Å². The number of rotatable bonds is 4. The molecule has 1 fully saturated rings. The Morgan fingerprint density at radius 1 is 1.32 bits per heavy atom. The largest absolute Gasteiger partial charge is 0.490 e. The van der Waals surface area contributed by atoms with Gasteiger partial charge >= 0.3 is 6.18 Å². The van der Waals surface area contributed by atoms with Gasteiger partial charge in [-0.3, -0.25) is 0 Å². The van der Waals surface area contributed by atoms with E-state index in [2.05, 4.69) is 5.32 Å². The minimum absolute atomic E-state index is 0.0618. The first kappa shape index (κ1) is 14.2. The van der Waals surface area contributed by atoms with Crippen molar-refractivity contribution in [3.8, 4) is 5.75 Å². The van der Waals surface area contributed by atoms with Crippen LogP contribution in [0.5, 0.6) is 5.75 Å². The molecule has 5 heteroatoms. The van der Waals surface area contributed by atoms with Gasteiger partial charge in [-0.05, 0) is 43.7 Å². The second-order valence-electron chi connectivity index (χ2n) is 4.84. The third-order valence-corrected chi connectivity index (χ3v) is 3.50. The van der Waals surface area contributed by atoms with E-state index in [1.165, 1.54) is 12.1 Å². The molecule has 19 heavy (non-hydrogen) atoms. The van der Waals surface area contributed by atoms with Crippen LogP contribution in [-0.2, 0) is 6.18 Å². The van der Waals surface area contributed by atoms with E-state index in [-0.39, 0.29) is 6.10 Å². The van der Waals surface area contributed by atoms with Gasteiger partial charge in [0.15, 0.2) is 0 Å². The molecule has 0 unspecified atom stereocenters. The van der Waals surface area contributed by atoms with Crippen molar-refractivity contribution in [2.45, 2.75) is 32.0 Å². The van der Waals surface area contributed by atoms with Gasteiger partial charge in [0.25, 0.3) is 0 Å². The summed E-state index contributed by atoms with van der Waals surface area (Å²) in [5, 5.41) is 3.27. The van der Waals surface area contributed by atoms with Crippen LogP contribution in [0.3, 0.4) is 0 Å². The fraction of sp³-hybridized carbons (Fsp3) is 0.571. The van der Waals surface area contributed by atoms with Crippen molar-refractivity contribution in [1.82, 2.24) is 5.32 Å². The zero-order valence-electron chi connectivity index (χ0n) is 10.8. The summed E-state index contributed by atoms with van der Waals surface area (Å²) in [6.45, 7) is 3.93. The molecule has 0 aliphatic carbocycles. The Balaban J connectivity index is 2.01. The Hall–Kier alpha value is -1.23. The number of alkyl halides is 3. The zero-order chi connectivity index (χ0) is 13.9. The Morgan fingerprint density at radius 2 is 2.00 bits per heavy atom. The number of halogens is 3. The average molecular weight is 273 g/mol. The molecule has 1 saturated heterocycles. The summed E-state index contributed by atoms with van der Waals surface area (Å²) in [5.41, 5.74) is -0.643. The van der Waals surface area contributed by atoms with E-state index >= 15 is 0 Å². The monoisotopic (exact) mass is 273 g/mol. The molecule has 2 nitrogen and oxygen atoms in total. The third-order valence-electron chi connectivity index (χ3n) is 3.50. The maximum absolute atomic E-state index is 12.4. The number of benzene rings is 1. The summed E-state index contributed by atoms with van der Waals surface area (Å²) in [7, 11) is 0. The van der Waals surface area contributed by atoms with Gasteiger partial charge in [-0.15, -0.1) is 0 Å². The van der Waals surface area contributed by atoms with E-state index in [0.29, 0.717) is 11.7 Å². The van der Waals surface area contributed by atoms with Gasteiger partial charge in [-0.25, -0.2) is 0 Å². The van der Waals surface area contributed by atoms with E-state index in [4.69, 9.17) is 4.74 Å². The summed E-state index contributed by atoms with van der Waals surface area (Å²) >= 11 is 0. The van der Waals surface area contributed by atoms with Crippen LogP contribution in [0.15, 0.2) is 24.3 Å². The van der Waals surface area contributed by atoms with Crippen molar-refractivity contribution in [2.24, 2.45) is 5.92 Å². The molecule has 2 atom stereocenters. The van der Waals surface area contributed by atoms with Crippen LogP contribution in [-0.4, -0.2) is 19.2 Å². The predicted octanol–water partition coefficient (Wildman–Crippen LogP) is 3.47. The van der Waals surface area contributed by atoms with E-state index in [1.807, 2.05) is 6.92 Å². The molecule has 0 radical (unpaired) electrons. The normalized spacial score (nSPS) is 21.4. The van der Waals surface area contributed by atoms with Crippen LogP contribution in [0.4, 0.5) is 13.2 Å². The lowest BCUT2D eigenvalue weighted by Gasteiger charge is -2.23. The van der Waals surface area contributed by atoms with Crippen LogP contribution in [0.2, 0.25) is 0 Å². The minimum Gasteiger partial charge on any atom is -0.490 e. The molecule has 0 spiro atoms. The SMILES string of the molecule is CC[C@H](Oc1ccc(C(F)(F)F)cc1)[C@H]1CCNC1. The first-order chi connectivity index (χ1) is 9.00. The lowest BCUT2D eigenvalue weighted by atomic mass is 9.99. The van der Waals surface area contributed by atoms with Crippen LogP contribution < -0.4 is 10.1 Å². The Labute approximate surface area is 111 Å². The molecular weight excluding hydrogens is 255 g/mol. The second kappa shape index (κ2) is 5.82. The summed E-state index contributed by atoms with van der Waals surface area (Å²) < 4.78 is 43.1. The van der Waals surface area contributed by atoms with Crippen LogP contribution in [0.25, 0.3) is 0 Å². The maximum atomic E-state index is 12.4. The van der Waals surface area contributed by atoms with Crippen LogP contribution in [0.1, 0.15) is 25.3 Å². The van der Waals surface area contributed by atoms with Gasteiger partial charge in [0.2, 0.25) is 0 Å². The van der Waals surface area contributed by atoms with Crippen molar-refractivity contribution in [2.75, 3.05) is 13.1 Å². The van der Waals surface area contributed by atoms with Crippen LogP contribution >= 0.6 is 0 Å². The summed E-state index contributed by atoms with van der Waals surface area (Å²) in [5.74, 6) is 0.944. The molecule has 1 N–H and O–H groups in total. The molecule has 1 aromatic rings. The third kappa shape index (κ3) is 3.62. The smallest absolute Gasteiger partial charge is 0.416 e. The molecule has 0 amide bonds. The molecular formula is C14H18F3NO. The van der Waals surface area contributed by atoms with E-state index in [1.54, 1.807) is 0 Å². The first-order valence-electron chi connectivity index (χ1n) is 6.55. The lowest BCUT2D eigenvalue weighted by Crippen LogP contribution is -2.28. The molecule has 1 aliphatic rings. The van der Waals surface area contributed by atoms with Crippen molar-refractivity contribution in [3.63, 3.8) is 0 Å². The van der Waals surface area contributed by atoms with E-state index in [9.17, 15) is 13.2 Å². The standard InChI is InChI=1S/C14H18F3NO/c1-2-13(10-7-8-18-9-10)19-12-5-3-11(4-6-12)14(15,16)17/h3-6,10,13,18H,2,7-9H2,1H3/t10-,13-/m0/s1. The highest BCUT2D eigenvalue weighted by atomic mass is 19.4. The number of nitrogens with one attached hydrogen (secondary N) is 1. The van der Waals surface area contributed by atoms with Crippen LogP contribution in [0, 0.1) is 5.92 Å². The number of hydrogen-bond acceptors (Lipinski definition) is 2. The quantitative estimate of drug-likeness (QED) is 0.907. The molecule has 1 aliphatic heterocycles. The fourth-order valence-corrected chi connectivity index (χ4v) is 2.40. The molecule has 106 valence electrons. The van der Waals surface area contributed by atoms with E-state index < -0.39 is 11.7 Å². The predicted molar refractivity (Wildman–Crippen MR) is 67.1 cm³/mol. The topological polar surface area (TPSA) is 21.3 Å². The molecule has 0 aromatic heterocycles. The minimum atomic E-state index is -4.29. The van der Waals surface area contributed by atoms with Gasteiger partial charge in [0, 0.05) is 12.5 Å². The fourth-order valence-electron chi connectivity index (χ4n) is 2.40. The van der Waals surface area contributed by atoms with Gasteiger partial charge in [0.05, 0.1) is 5.56 Å². The van der Waals surface area contributed by atoms with Gasteiger partial charge in [0.1, 0.15) is 11.9 Å². The maximum Gasteiger partial charge on any atom is 0.416 e. The highest BCUT2D eigenvalue weighted by Crippen LogP contribution is 2.31. The Bertz CT molecular complexity index is 396. The summed E-state index contributed by atoms with van der Waals surface area (Å²) in [4.78, 5) is 0. The molecule has 0 saturated carbocycles. The molecule has 0 bridgehead atoms. The molecule has 1 heterocycles. The van der Waals surface area contributed by atoms with E-state index in [0.717, 1.165) is 38.1 Å². The summed E-state index contributed by atoms with van der Waals surface area (Å²) in [6.07, 6.45) is -2.32. The second-order valence-corrected chi connectivity index (χ2v) is 4.84. The van der Waals surface area contributed by atoms with Crippen molar-refractivity contribution >= 4 is 0 Å².